The van der Waals surface area contributed by atoms with Crippen molar-refractivity contribution in [1.82, 2.24) is 15.2 Å². The van der Waals surface area contributed by atoms with Crippen LogP contribution in [0.25, 0.3) is 0 Å². The van der Waals surface area contributed by atoms with Gasteiger partial charge >= 0.3 is 0 Å². The average Bonchev–Trinajstić information content (AvgIpc) is 3.02. The third-order valence-corrected chi connectivity index (χ3v) is 6.29. The number of hydrogen-bond donors (Lipinski definition) is 1. The van der Waals surface area contributed by atoms with Gasteiger partial charge in [-0.15, -0.1) is 11.3 Å². The largest absolute Gasteiger partial charge is 0.329 e. The number of nitrogens with one attached hydrogen (secondary N) is 1. The Hall–Kier alpha value is -1.24. The first kappa shape index (κ1) is 14.4. The number of carbonyl (C=O) groups is 1. The first-order valence-electron chi connectivity index (χ1n) is 7.69. The van der Waals surface area contributed by atoms with E-state index in [1.165, 1.54) is 29.7 Å². The molecule has 0 bridgehead atoms. The van der Waals surface area contributed by atoms with Crippen molar-refractivity contribution in [3.63, 3.8) is 0 Å². The molecule has 22 heavy (non-hydrogen) atoms. The van der Waals surface area contributed by atoms with Crippen LogP contribution in [0.4, 0.5) is 0 Å². The smallest absolute Gasteiger partial charge is 0.273 e. The summed E-state index contributed by atoms with van der Waals surface area (Å²) in [5, 5.41) is 9.51. The minimum atomic E-state index is 0.0906. The van der Waals surface area contributed by atoms with Gasteiger partial charge in [-0.1, -0.05) is 0 Å². The van der Waals surface area contributed by atoms with Crippen molar-refractivity contribution in [1.29, 1.82) is 0 Å². The van der Waals surface area contributed by atoms with Crippen LogP contribution >= 0.6 is 22.7 Å². The van der Waals surface area contributed by atoms with Crippen LogP contribution in [0.2, 0.25) is 0 Å². The van der Waals surface area contributed by atoms with E-state index < -0.39 is 0 Å². The number of aromatic nitrogens is 1. The standard InChI is InChI=1S/C16H19N3OS2/c20-15(13-10-22-11-18-13)19(8-12-1-6-21-9-12)14-7-16(14)2-4-17-5-3-16/h1,6,9-11,14,17H,2-5,7-8H2/t14-/m1/s1. The summed E-state index contributed by atoms with van der Waals surface area (Å²) >= 11 is 3.17. The number of nitrogens with zero attached hydrogens (tertiary/aromatic N) is 2. The molecular formula is C16H19N3OS2. The van der Waals surface area contributed by atoms with Gasteiger partial charge in [0.05, 0.1) is 5.51 Å². The highest BCUT2D eigenvalue weighted by molar-refractivity contribution is 7.08. The summed E-state index contributed by atoms with van der Waals surface area (Å²) in [5.41, 5.74) is 3.91. The number of hydrogen-bond acceptors (Lipinski definition) is 5. The van der Waals surface area contributed by atoms with E-state index in [1.54, 1.807) is 16.8 Å². The number of piperidine rings is 1. The summed E-state index contributed by atoms with van der Waals surface area (Å²) in [6.45, 7) is 2.86. The predicted molar refractivity (Wildman–Crippen MR) is 89.2 cm³/mol. The molecule has 116 valence electrons. The van der Waals surface area contributed by atoms with Crippen LogP contribution in [0.5, 0.6) is 0 Å². The second kappa shape index (κ2) is 5.76. The van der Waals surface area contributed by atoms with Gasteiger partial charge < -0.3 is 10.2 Å². The van der Waals surface area contributed by atoms with E-state index in [0.29, 0.717) is 23.7 Å². The summed E-state index contributed by atoms with van der Waals surface area (Å²) < 4.78 is 0. The lowest BCUT2D eigenvalue weighted by Gasteiger charge is -2.29. The summed E-state index contributed by atoms with van der Waals surface area (Å²) in [4.78, 5) is 19.2. The average molecular weight is 333 g/mol. The predicted octanol–water partition coefficient (Wildman–Crippen LogP) is 2.99. The van der Waals surface area contributed by atoms with Crippen LogP contribution in [-0.2, 0) is 6.54 Å². The van der Waals surface area contributed by atoms with Crippen molar-refractivity contribution in [3.05, 3.63) is 39.0 Å². The maximum absolute atomic E-state index is 12.9. The second-order valence-corrected chi connectivity index (χ2v) is 7.77. The topological polar surface area (TPSA) is 45.2 Å². The fraction of sp³-hybridized carbons (Fsp3) is 0.500. The van der Waals surface area contributed by atoms with E-state index in [9.17, 15) is 4.79 Å². The molecule has 1 aliphatic carbocycles. The third kappa shape index (κ3) is 2.59. The van der Waals surface area contributed by atoms with Crippen molar-refractivity contribution in [2.45, 2.75) is 31.8 Å². The van der Waals surface area contributed by atoms with Gasteiger partial charge in [-0.05, 0) is 60.2 Å². The zero-order valence-electron chi connectivity index (χ0n) is 12.3. The molecule has 1 spiro atoms. The van der Waals surface area contributed by atoms with Crippen LogP contribution < -0.4 is 5.32 Å². The van der Waals surface area contributed by atoms with Crippen molar-refractivity contribution in [2.75, 3.05) is 13.1 Å². The highest BCUT2D eigenvalue weighted by Gasteiger charge is 2.57. The van der Waals surface area contributed by atoms with Gasteiger partial charge in [-0.3, -0.25) is 4.79 Å². The van der Waals surface area contributed by atoms with Gasteiger partial charge in [0.2, 0.25) is 0 Å². The molecule has 1 atom stereocenters. The lowest BCUT2D eigenvalue weighted by Crippen LogP contribution is -2.39. The molecule has 1 saturated heterocycles. The van der Waals surface area contributed by atoms with Gasteiger partial charge in [0, 0.05) is 18.0 Å². The fourth-order valence-corrected chi connectivity index (χ4v) is 4.78. The molecule has 1 aliphatic heterocycles. The molecule has 3 heterocycles. The van der Waals surface area contributed by atoms with Crippen molar-refractivity contribution >= 4 is 28.6 Å². The van der Waals surface area contributed by atoms with Gasteiger partial charge in [0.1, 0.15) is 5.69 Å². The molecule has 2 fully saturated rings. The summed E-state index contributed by atoms with van der Waals surface area (Å²) in [6, 6.07) is 2.49. The fourth-order valence-electron chi connectivity index (χ4n) is 3.60. The van der Waals surface area contributed by atoms with Crippen LogP contribution in [-0.4, -0.2) is 34.9 Å². The molecule has 2 aliphatic rings. The molecule has 1 saturated carbocycles. The summed E-state index contributed by atoms with van der Waals surface area (Å²) in [5.74, 6) is 0.0906. The minimum Gasteiger partial charge on any atom is -0.329 e. The zero-order chi connectivity index (χ0) is 15.0. The molecule has 1 amide bonds. The minimum absolute atomic E-state index is 0.0906. The molecule has 2 aromatic heterocycles. The van der Waals surface area contributed by atoms with E-state index in [4.69, 9.17) is 0 Å². The number of thiazole rings is 1. The van der Waals surface area contributed by atoms with Gasteiger partial charge in [-0.2, -0.15) is 11.3 Å². The highest BCUT2D eigenvalue weighted by Crippen LogP contribution is 2.56. The number of thiophene rings is 1. The highest BCUT2D eigenvalue weighted by atomic mass is 32.1. The summed E-state index contributed by atoms with van der Waals surface area (Å²) in [7, 11) is 0. The molecule has 6 heteroatoms. The van der Waals surface area contributed by atoms with Crippen molar-refractivity contribution in [2.24, 2.45) is 5.41 Å². The van der Waals surface area contributed by atoms with Crippen LogP contribution in [0.1, 0.15) is 35.3 Å². The quantitative estimate of drug-likeness (QED) is 0.935. The Morgan fingerprint density at radius 3 is 2.91 bits per heavy atom. The molecule has 2 aromatic rings. The summed E-state index contributed by atoms with van der Waals surface area (Å²) in [6.07, 6.45) is 3.51. The molecule has 1 N–H and O–H groups in total. The zero-order valence-corrected chi connectivity index (χ0v) is 14.0. The maximum Gasteiger partial charge on any atom is 0.273 e. The van der Waals surface area contributed by atoms with Gasteiger partial charge in [0.15, 0.2) is 0 Å². The van der Waals surface area contributed by atoms with E-state index in [-0.39, 0.29) is 5.91 Å². The van der Waals surface area contributed by atoms with Gasteiger partial charge in [-0.25, -0.2) is 4.98 Å². The molecule has 0 unspecified atom stereocenters. The van der Waals surface area contributed by atoms with Crippen LogP contribution in [0.15, 0.2) is 27.7 Å². The SMILES string of the molecule is O=C(c1cscn1)N(Cc1ccsc1)[C@@H]1CC12CCNCC2. The second-order valence-electron chi connectivity index (χ2n) is 6.27. The van der Waals surface area contributed by atoms with Crippen molar-refractivity contribution in [3.8, 4) is 0 Å². The van der Waals surface area contributed by atoms with Crippen molar-refractivity contribution < 1.29 is 4.79 Å². The van der Waals surface area contributed by atoms with E-state index in [2.05, 4.69) is 32.0 Å². The van der Waals surface area contributed by atoms with E-state index >= 15 is 0 Å². The monoisotopic (exact) mass is 333 g/mol. The van der Waals surface area contributed by atoms with E-state index in [0.717, 1.165) is 19.5 Å². The molecular weight excluding hydrogens is 314 g/mol. The molecule has 0 aromatic carbocycles. The first-order chi connectivity index (χ1) is 10.8. The van der Waals surface area contributed by atoms with Crippen LogP contribution in [0, 0.1) is 5.41 Å². The Labute approximate surface area is 138 Å². The normalized spacial score (nSPS) is 22.6. The number of rotatable bonds is 4. The number of carbonyl (C=O) groups excluding carboxylic acids is 1. The van der Waals surface area contributed by atoms with Gasteiger partial charge in [0.25, 0.3) is 5.91 Å². The first-order valence-corrected chi connectivity index (χ1v) is 9.58. The number of amides is 1. The third-order valence-electron chi connectivity index (χ3n) is 4.97. The molecule has 4 nitrogen and oxygen atoms in total. The van der Waals surface area contributed by atoms with E-state index in [1.807, 2.05) is 5.38 Å². The molecule has 4 rings (SSSR count). The lowest BCUT2D eigenvalue weighted by molar-refractivity contribution is 0.0687. The van der Waals surface area contributed by atoms with Crippen LogP contribution in [0.3, 0.4) is 0 Å². The Balaban J connectivity index is 1.57. The molecule has 0 radical (unpaired) electrons. The Bertz CT molecular complexity index is 632. The Morgan fingerprint density at radius 2 is 2.23 bits per heavy atom. The maximum atomic E-state index is 12.9. The Morgan fingerprint density at radius 1 is 1.36 bits per heavy atom. The Kier molecular flexibility index (Phi) is 3.76. The lowest BCUT2D eigenvalue weighted by atomic mass is 9.93.